The first-order chi connectivity index (χ1) is 13.8. The molecule has 0 bridgehead atoms. The van der Waals surface area contributed by atoms with Gasteiger partial charge >= 0.3 is 0 Å². The maximum atomic E-state index is 5.91. The monoisotopic (exact) mass is 381 g/mol. The van der Waals surface area contributed by atoms with E-state index in [0.29, 0.717) is 37.9 Å². The molecule has 146 valence electrons. The van der Waals surface area contributed by atoms with Gasteiger partial charge in [-0.25, -0.2) is 9.98 Å². The minimum Gasteiger partial charge on any atom is -0.487 e. The van der Waals surface area contributed by atoms with Gasteiger partial charge in [0.1, 0.15) is 19.0 Å². The number of hydrogen-bond donors (Lipinski definition) is 0. The fourth-order valence-corrected chi connectivity index (χ4v) is 3.16. The molecule has 2 aliphatic rings. The number of hydrogen-bond acceptors (Lipinski definition) is 7. The Morgan fingerprint density at radius 3 is 2.36 bits per heavy atom. The number of amidine groups is 1. The number of benzene rings is 2. The molecule has 0 spiro atoms. The SMILES string of the molecule is COCCOc1cc2c(cc1OCCOC)C1=Nc3ccccc3CN1C=N2. The molecule has 7 nitrogen and oxygen atoms in total. The lowest BCUT2D eigenvalue weighted by Crippen LogP contribution is -2.34. The van der Waals surface area contributed by atoms with Crippen molar-refractivity contribution in [2.24, 2.45) is 9.98 Å². The first kappa shape index (κ1) is 18.5. The van der Waals surface area contributed by atoms with Crippen LogP contribution in [0.5, 0.6) is 11.5 Å². The molecule has 2 heterocycles. The van der Waals surface area contributed by atoms with Gasteiger partial charge in [0.15, 0.2) is 11.5 Å². The summed E-state index contributed by atoms with van der Waals surface area (Å²) < 4.78 is 21.9. The molecule has 7 heteroatoms. The van der Waals surface area contributed by atoms with Gasteiger partial charge in [-0.15, -0.1) is 0 Å². The summed E-state index contributed by atoms with van der Waals surface area (Å²) in [4.78, 5) is 11.5. The molecule has 2 aromatic rings. The van der Waals surface area contributed by atoms with Crippen LogP contribution in [0.1, 0.15) is 11.1 Å². The average molecular weight is 381 g/mol. The third kappa shape index (κ3) is 3.72. The molecule has 0 radical (unpaired) electrons. The fourth-order valence-electron chi connectivity index (χ4n) is 3.16. The van der Waals surface area contributed by atoms with Gasteiger partial charge in [0.05, 0.1) is 37.5 Å². The molecular formula is C21H23N3O4. The van der Waals surface area contributed by atoms with Gasteiger partial charge in [-0.1, -0.05) is 18.2 Å². The zero-order chi connectivity index (χ0) is 19.3. The molecular weight excluding hydrogens is 358 g/mol. The van der Waals surface area contributed by atoms with Crippen LogP contribution >= 0.6 is 0 Å². The predicted molar refractivity (Wildman–Crippen MR) is 108 cm³/mol. The van der Waals surface area contributed by atoms with Gasteiger partial charge in [0, 0.05) is 25.8 Å². The van der Waals surface area contributed by atoms with Crippen molar-refractivity contribution >= 4 is 23.5 Å². The first-order valence-electron chi connectivity index (χ1n) is 9.19. The maximum Gasteiger partial charge on any atom is 0.163 e. The highest BCUT2D eigenvalue weighted by Crippen LogP contribution is 2.39. The minimum atomic E-state index is 0.429. The van der Waals surface area contributed by atoms with Gasteiger partial charge in [-0.05, 0) is 17.7 Å². The Hall–Kier alpha value is -2.90. The van der Waals surface area contributed by atoms with E-state index in [2.05, 4.69) is 16.0 Å². The summed E-state index contributed by atoms with van der Waals surface area (Å²) in [5.74, 6) is 2.14. The third-order valence-corrected chi connectivity index (χ3v) is 4.56. The Morgan fingerprint density at radius 1 is 0.893 bits per heavy atom. The van der Waals surface area contributed by atoms with Gasteiger partial charge < -0.3 is 23.8 Å². The Bertz CT molecular complexity index is 911. The molecule has 28 heavy (non-hydrogen) atoms. The van der Waals surface area contributed by atoms with Crippen molar-refractivity contribution < 1.29 is 18.9 Å². The van der Waals surface area contributed by atoms with Crippen LogP contribution in [0, 0.1) is 0 Å². The van der Waals surface area contributed by atoms with E-state index in [1.54, 1.807) is 14.2 Å². The standard InChI is InChI=1S/C21H23N3O4/c1-25-7-9-27-19-11-16-18(12-20(19)28-10-8-26-2)22-14-24-13-15-5-3-4-6-17(15)23-21(16)24/h3-6,11-12,14H,7-10,13H2,1-2H3. The molecule has 0 saturated carbocycles. The Labute approximate surface area is 164 Å². The Kier molecular flexibility index (Phi) is 5.55. The van der Waals surface area contributed by atoms with E-state index in [1.165, 1.54) is 5.56 Å². The topological polar surface area (TPSA) is 64.9 Å². The molecule has 0 fully saturated rings. The van der Waals surface area contributed by atoms with Crippen molar-refractivity contribution in [3.63, 3.8) is 0 Å². The van der Waals surface area contributed by atoms with Crippen LogP contribution in [0.4, 0.5) is 11.4 Å². The van der Waals surface area contributed by atoms with Crippen LogP contribution in [0.25, 0.3) is 0 Å². The van der Waals surface area contributed by atoms with Crippen LogP contribution < -0.4 is 9.47 Å². The van der Waals surface area contributed by atoms with Crippen LogP contribution in [0.2, 0.25) is 0 Å². The van der Waals surface area contributed by atoms with E-state index >= 15 is 0 Å². The summed E-state index contributed by atoms with van der Waals surface area (Å²) in [5, 5.41) is 0. The van der Waals surface area contributed by atoms with Gasteiger partial charge in [-0.3, -0.25) is 0 Å². The van der Waals surface area contributed by atoms with Crippen molar-refractivity contribution in [3.05, 3.63) is 47.5 Å². The molecule has 0 saturated heterocycles. The Morgan fingerprint density at radius 2 is 1.61 bits per heavy atom. The summed E-state index contributed by atoms with van der Waals surface area (Å²) >= 11 is 0. The minimum absolute atomic E-state index is 0.429. The number of aliphatic imine (C=N–C) groups is 2. The molecule has 0 aromatic heterocycles. The summed E-state index contributed by atoms with van der Waals surface area (Å²) in [7, 11) is 3.29. The molecule has 2 aromatic carbocycles. The summed E-state index contributed by atoms with van der Waals surface area (Å²) in [6.45, 7) is 2.59. The molecule has 0 aliphatic carbocycles. The largest absolute Gasteiger partial charge is 0.487 e. The van der Waals surface area contributed by atoms with Crippen LogP contribution in [0.15, 0.2) is 46.4 Å². The molecule has 0 atom stereocenters. The van der Waals surface area contributed by atoms with Gasteiger partial charge in [0.25, 0.3) is 0 Å². The quantitative estimate of drug-likeness (QED) is 0.657. The zero-order valence-corrected chi connectivity index (χ0v) is 16.1. The van der Waals surface area contributed by atoms with Crippen molar-refractivity contribution in [2.45, 2.75) is 6.54 Å². The first-order valence-corrected chi connectivity index (χ1v) is 9.19. The highest BCUT2D eigenvalue weighted by molar-refractivity contribution is 6.12. The normalized spacial score (nSPS) is 14.1. The van der Waals surface area contributed by atoms with Crippen molar-refractivity contribution in [3.8, 4) is 11.5 Å². The van der Waals surface area contributed by atoms with Gasteiger partial charge in [0.2, 0.25) is 0 Å². The smallest absolute Gasteiger partial charge is 0.163 e. The highest BCUT2D eigenvalue weighted by atomic mass is 16.5. The van der Waals surface area contributed by atoms with Crippen LogP contribution in [0.3, 0.4) is 0 Å². The molecule has 0 unspecified atom stereocenters. The summed E-state index contributed by atoms with van der Waals surface area (Å²) in [6, 6.07) is 12.0. The van der Waals surface area contributed by atoms with E-state index in [4.69, 9.17) is 23.9 Å². The second-order valence-electron chi connectivity index (χ2n) is 6.44. The number of methoxy groups -OCH3 is 2. The van der Waals surface area contributed by atoms with E-state index in [0.717, 1.165) is 29.3 Å². The number of nitrogens with zero attached hydrogens (tertiary/aromatic N) is 3. The number of ether oxygens (including phenoxy) is 4. The lowest BCUT2D eigenvalue weighted by Gasteiger charge is -2.30. The van der Waals surface area contributed by atoms with Crippen molar-refractivity contribution in [2.75, 3.05) is 40.6 Å². The molecule has 2 aliphatic heterocycles. The highest BCUT2D eigenvalue weighted by Gasteiger charge is 2.26. The maximum absolute atomic E-state index is 5.91. The molecule has 4 rings (SSSR count). The summed E-state index contributed by atoms with van der Waals surface area (Å²) in [5.41, 5.74) is 3.89. The van der Waals surface area contributed by atoms with E-state index in [-0.39, 0.29) is 0 Å². The third-order valence-electron chi connectivity index (χ3n) is 4.56. The average Bonchev–Trinajstić information content (AvgIpc) is 2.73. The molecule has 0 amide bonds. The van der Waals surface area contributed by atoms with E-state index in [9.17, 15) is 0 Å². The second kappa shape index (κ2) is 8.41. The van der Waals surface area contributed by atoms with E-state index in [1.807, 2.05) is 36.7 Å². The van der Waals surface area contributed by atoms with Crippen LogP contribution in [-0.4, -0.2) is 57.7 Å². The zero-order valence-electron chi connectivity index (χ0n) is 16.1. The van der Waals surface area contributed by atoms with Crippen LogP contribution in [-0.2, 0) is 16.0 Å². The molecule has 0 N–H and O–H groups in total. The lowest BCUT2D eigenvalue weighted by atomic mass is 10.0. The predicted octanol–water partition coefficient (Wildman–Crippen LogP) is 3.30. The fraction of sp³-hybridized carbons (Fsp3) is 0.333. The number of para-hydroxylation sites is 1. The van der Waals surface area contributed by atoms with Crippen molar-refractivity contribution in [1.29, 1.82) is 0 Å². The van der Waals surface area contributed by atoms with Crippen molar-refractivity contribution in [1.82, 2.24) is 4.90 Å². The summed E-state index contributed by atoms with van der Waals surface area (Å²) in [6.07, 6.45) is 1.82. The number of rotatable bonds is 8. The van der Waals surface area contributed by atoms with Gasteiger partial charge in [-0.2, -0.15) is 0 Å². The Balaban J connectivity index is 1.71. The number of fused-ring (bicyclic) bond motifs is 4. The van der Waals surface area contributed by atoms with E-state index < -0.39 is 0 Å². The lowest BCUT2D eigenvalue weighted by molar-refractivity contribution is 0.132. The second-order valence-corrected chi connectivity index (χ2v) is 6.44.